The first-order valence-corrected chi connectivity index (χ1v) is 15.5. The minimum atomic E-state index is -4.88. The molecule has 1 saturated heterocycles. The van der Waals surface area contributed by atoms with Crippen LogP contribution in [-0.2, 0) is 25.8 Å². The van der Waals surface area contributed by atoms with Gasteiger partial charge in [-0.2, -0.15) is 34.5 Å². The second kappa shape index (κ2) is 11.0. The van der Waals surface area contributed by atoms with E-state index in [1.54, 1.807) is 30.2 Å². The molecule has 2 aromatic rings. The van der Waals surface area contributed by atoms with Crippen LogP contribution in [-0.4, -0.2) is 93.4 Å². The zero-order chi connectivity index (χ0) is 28.7. The molecular weight excluding hydrogens is 565 g/mol. The van der Waals surface area contributed by atoms with Gasteiger partial charge in [0.15, 0.2) is 5.60 Å². The van der Waals surface area contributed by atoms with Crippen molar-refractivity contribution in [2.24, 2.45) is 0 Å². The Morgan fingerprint density at radius 3 is 2.16 bits per heavy atom. The Balaban J connectivity index is 2.00. The first-order chi connectivity index (χ1) is 17.4. The maximum atomic E-state index is 13.3. The van der Waals surface area contributed by atoms with Crippen molar-refractivity contribution in [3.05, 3.63) is 47.3 Å². The molecule has 3 rings (SSSR count). The van der Waals surface area contributed by atoms with Gasteiger partial charge in [-0.1, -0.05) is 18.2 Å². The van der Waals surface area contributed by atoms with E-state index in [9.17, 15) is 35.1 Å². The Hall–Kier alpha value is -1.75. The Bertz CT molecular complexity index is 1300. The number of sulfonamides is 1. The second-order valence-corrected chi connectivity index (χ2v) is 14.9. The van der Waals surface area contributed by atoms with Crippen molar-refractivity contribution in [3.8, 4) is 0 Å². The lowest BCUT2D eigenvalue weighted by molar-refractivity contribution is -0.258. The highest BCUT2D eigenvalue weighted by Crippen LogP contribution is 2.39. The van der Waals surface area contributed by atoms with E-state index in [1.165, 1.54) is 53.0 Å². The molecule has 1 aliphatic rings. The highest BCUT2D eigenvalue weighted by molar-refractivity contribution is 7.91. The average Bonchev–Trinajstić information content (AvgIpc) is 3.37. The van der Waals surface area contributed by atoms with E-state index in [-0.39, 0.29) is 36.0 Å². The lowest BCUT2D eigenvalue weighted by Crippen LogP contribution is -2.60. The number of rotatable bonds is 9. The molecule has 0 amide bonds. The van der Waals surface area contributed by atoms with Crippen molar-refractivity contribution in [3.63, 3.8) is 0 Å². The SMILES string of the molecule is CC(C)N(CC1CN(S(=O)(=O)c2cccs2)CCN1c1ccc(C(C)(O)C(F)(F)F)cc1)S(=O)(=O)N(C)C. The summed E-state index contributed by atoms with van der Waals surface area (Å²) in [5.41, 5.74) is -2.91. The van der Waals surface area contributed by atoms with Crippen LogP contribution in [0.4, 0.5) is 18.9 Å². The molecule has 0 bridgehead atoms. The fourth-order valence-corrected chi connectivity index (χ4v) is 8.13. The second-order valence-electron chi connectivity index (χ2n) is 9.71. The molecule has 38 heavy (non-hydrogen) atoms. The number of nitrogens with zero attached hydrogens (tertiary/aromatic N) is 4. The zero-order valence-electron chi connectivity index (χ0n) is 21.8. The van der Waals surface area contributed by atoms with Crippen molar-refractivity contribution in [2.75, 3.05) is 45.2 Å². The Morgan fingerprint density at radius 1 is 1.08 bits per heavy atom. The fourth-order valence-electron chi connectivity index (χ4n) is 4.21. The lowest BCUT2D eigenvalue weighted by atomic mass is 9.95. The van der Waals surface area contributed by atoms with Gasteiger partial charge < -0.3 is 10.0 Å². The molecule has 214 valence electrons. The third-order valence-corrected chi connectivity index (χ3v) is 11.9. The van der Waals surface area contributed by atoms with Crippen LogP contribution >= 0.6 is 11.3 Å². The summed E-state index contributed by atoms with van der Waals surface area (Å²) in [4.78, 5) is 1.80. The number of alkyl halides is 3. The number of aliphatic hydroxyl groups is 1. The van der Waals surface area contributed by atoms with Crippen molar-refractivity contribution in [2.45, 2.75) is 48.8 Å². The summed E-state index contributed by atoms with van der Waals surface area (Å²) in [7, 11) is -4.87. The molecule has 9 nitrogen and oxygen atoms in total. The average molecular weight is 599 g/mol. The van der Waals surface area contributed by atoms with Crippen LogP contribution in [0.1, 0.15) is 26.3 Å². The topological polar surface area (TPSA) is 101 Å². The summed E-state index contributed by atoms with van der Waals surface area (Å²) in [6.07, 6.45) is -4.88. The van der Waals surface area contributed by atoms with Gasteiger partial charge in [0.2, 0.25) is 0 Å². The minimum Gasteiger partial charge on any atom is -0.376 e. The summed E-state index contributed by atoms with van der Waals surface area (Å²) in [5, 5.41) is 11.7. The predicted octanol–water partition coefficient (Wildman–Crippen LogP) is 2.91. The van der Waals surface area contributed by atoms with E-state index >= 15 is 0 Å². The van der Waals surface area contributed by atoms with Crippen LogP contribution in [0.25, 0.3) is 0 Å². The lowest BCUT2D eigenvalue weighted by Gasteiger charge is -2.44. The van der Waals surface area contributed by atoms with E-state index in [0.717, 1.165) is 15.6 Å². The van der Waals surface area contributed by atoms with Crippen LogP contribution in [0.5, 0.6) is 0 Å². The molecule has 1 aromatic heterocycles. The fraction of sp³-hybridized carbons (Fsp3) is 0.565. The highest BCUT2D eigenvalue weighted by Gasteiger charge is 2.51. The van der Waals surface area contributed by atoms with Gasteiger partial charge in [0.05, 0.1) is 6.04 Å². The largest absolute Gasteiger partial charge is 0.421 e. The van der Waals surface area contributed by atoms with Crippen molar-refractivity contribution >= 4 is 37.3 Å². The number of thiophene rings is 1. The van der Waals surface area contributed by atoms with E-state index in [0.29, 0.717) is 12.6 Å². The molecule has 1 aromatic carbocycles. The highest BCUT2D eigenvalue weighted by atomic mass is 32.2. The summed E-state index contributed by atoms with van der Waals surface area (Å²) >= 11 is 1.08. The summed E-state index contributed by atoms with van der Waals surface area (Å²) in [6.45, 7) is 4.28. The van der Waals surface area contributed by atoms with E-state index in [4.69, 9.17) is 0 Å². The molecule has 1 aliphatic heterocycles. The van der Waals surface area contributed by atoms with Gasteiger partial charge in [-0.3, -0.25) is 0 Å². The molecule has 2 atom stereocenters. The summed E-state index contributed by atoms with van der Waals surface area (Å²) < 4.78 is 96.4. The van der Waals surface area contributed by atoms with Gasteiger partial charge in [0.25, 0.3) is 20.2 Å². The molecule has 0 radical (unpaired) electrons. The number of halogens is 3. The number of benzene rings is 1. The third kappa shape index (κ3) is 6.03. The Labute approximate surface area is 226 Å². The van der Waals surface area contributed by atoms with Gasteiger partial charge in [0.1, 0.15) is 4.21 Å². The number of anilines is 1. The molecule has 1 fully saturated rings. The number of piperazine rings is 1. The maximum absolute atomic E-state index is 13.3. The smallest absolute Gasteiger partial charge is 0.376 e. The van der Waals surface area contributed by atoms with Gasteiger partial charge in [-0.15, -0.1) is 11.3 Å². The summed E-state index contributed by atoms with van der Waals surface area (Å²) in [6, 6.07) is 7.23. The van der Waals surface area contributed by atoms with E-state index < -0.39 is 44.1 Å². The molecule has 0 saturated carbocycles. The Morgan fingerprint density at radius 2 is 1.68 bits per heavy atom. The first-order valence-electron chi connectivity index (χ1n) is 11.8. The van der Waals surface area contributed by atoms with Crippen molar-refractivity contribution in [1.29, 1.82) is 0 Å². The molecule has 15 heteroatoms. The zero-order valence-corrected chi connectivity index (χ0v) is 24.2. The number of hydrogen-bond donors (Lipinski definition) is 1. The monoisotopic (exact) mass is 598 g/mol. The van der Waals surface area contributed by atoms with Crippen LogP contribution in [0, 0.1) is 0 Å². The standard InChI is InChI=1S/C23H33F3N4O5S3/c1-17(2)30(38(34,35)27(4)5)16-20-15-28(37(32,33)21-7-6-14-36-21)12-13-29(20)19-10-8-18(9-11-19)22(3,31)23(24,25)26/h6-11,14,17,20,31H,12-13,15-16H2,1-5H3. The molecule has 0 aliphatic carbocycles. The van der Waals surface area contributed by atoms with E-state index in [1.807, 2.05) is 0 Å². The molecular formula is C23H33F3N4O5S3. The van der Waals surface area contributed by atoms with Crippen molar-refractivity contribution < 1.29 is 35.1 Å². The normalized spacial score (nSPS) is 19.9. The molecule has 2 heterocycles. The van der Waals surface area contributed by atoms with Gasteiger partial charge in [-0.05, 0) is 49.9 Å². The van der Waals surface area contributed by atoms with Crippen LogP contribution in [0.3, 0.4) is 0 Å². The van der Waals surface area contributed by atoms with Gasteiger partial charge in [0, 0.05) is 52.0 Å². The predicted molar refractivity (Wildman–Crippen MR) is 141 cm³/mol. The van der Waals surface area contributed by atoms with Gasteiger partial charge >= 0.3 is 6.18 Å². The molecule has 0 spiro atoms. The quantitative estimate of drug-likeness (QED) is 0.477. The van der Waals surface area contributed by atoms with Gasteiger partial charge in [-0.25, -0.2) is 8.42 Å². The maximum Gasteiger partial charge on any atom is 0.421 e. The van der Waals surface area contributed by atoms with Crippen LogP contribution < -0.4 is 4.90 Å². The van der Waals surface area contributed by atoms with Crippen LogP contribution in [0.2, 0.25) is 0 Å². The first kappa shape index (κ1) is 30.8. The van der Waals surface area contributed by atoms with Crippen LogP contribution in [0.15, 0.2) is 46.0 Å². The molecule has 1 N–H and O–H groups in total. The Kier molecular flexibility index (Phi) is 8.93. The summed E-state index contributed by atoms with van der Waals surface area (Å²) in [5.74, 6) is 0. The number of hydrogen-bond acceptors (Lipinski definition) is 7. The van der Waals surface area contributed by atoms with E-state index in [2.05, 4.69) is 0 Å². The third-order valence-electron chi connectivity index (χ3n) is 6.57. The minimum absolute atomic E-state index is 0.0333. The molecule has 2 unspecified atom stereocenters. The van der Waals surface area contributed by atoms with Crippen molar-refractivity contribution in [1.82, 2.24) is 12.9 Å².